The van der Waals surface area contributed by atoms with Gasteiger partial charge < -0.3 is 14.8 Å². The van der Waals surface area contributed by atoms with Crippen molar-refractivity contribution in [2.45, 2.75) is 30.3 Å². The zero-order valence-electron chi connectivity index (χ0n) is 16.3. The predicted molar refractivity (Wildman–Crippen MR) is 108 cm³/mol. The number of amides is 1. The molecule has 1 amide bonds. The average molecular weight is 416 g/mol. The van der Waals surface area contributed by atoms with Gasteiger partial charge in [-0.3, -0.25) is 4.79 Å². The topological polar surface area (TPSA) is 84.9 Å². The zero-order valence-corrected chi connectivity index (χ0v) is 17.1. The molecule has 2 heterocycles. The Kier molecular flexibility index (Phi) is 5.47. The lowest BCUT2D eigenvalue weighted by molar-refractivity contribution is 0.0933. The monoisotopic (exact) mass is 416 g/mol. The quantitative estimate of drug-likeness (QED) is 0.781. The van der Waals surface area contributed by atoms with Crippen molar-refractivity contribution in [2.24, 2.45) is 0 Å². The number of carbonyl (C=O) groups is 1. The zero-order chi connectivity index (χ0) is 20.4. The van der Waals surface area contributed by atoms with Crippen LogP contribution in [0, 0.1) is 0 Å². The second-order valence-corrected chi connectivity index (χ2v) is 9.14. The molecular formula is C21H24N2O5S. The van der Waals surface area contributed by atoms with Crippen LogP contribution in [0.2, 0.25) is 0 Å². The normalized spacial score (nSPS) is 18.9. The summed E-state index contributed by atoms with van der Waals surface area (Å²) >= 11 is 0. The molecule has 1 unspecified atom stereocenters. The molecule has 1 atom stereocenters. The number of fused-ring (bicyclic) bond motifs is 1. The number of rotatable bonds is 6. The van der Waals surface area contributed by atoms with Gasteiger partial charge in [-0.2, -0.15) is 4.31 Å². The third-order valence-electron chi connectivity index (χ3n) is 5.31. The first-order valence-corrected chi connectivity index (χ1v) is 11.1. The molecule has 8 heteroatoms. The largest absolute Gasteiger partial charge is 0.495 e. The number of hydrogen-bond donors (Lipinski definition) is 1. The Morgan fingerprint density at radius 2 is 1.97 bits per heavy atom. The summed E-state index contributed by atoms with van der Waals surface area (Å²) in [4.78, 5) is 12.7. The van der Waals surface area contributed by atoms with Gasteiger partial charge >= 0.3 is 0 Å². The Hall–Kier alpha value is -2.58. The van der Waals surface area contributed by atoms with E-state index in [4.69, 9.17) is 9.47 Å². The lowest BCUT2D eigenvalue weighted by Crippen LogP contribution is -2.34. The number of carbonyl (C=O) groups excluding carboxylic acids is 1. The Balaban J connectivity index is 1.48. The molecule has 0 saturated carbocycles. The van der Waals surface area contributed by atoms with Crippen molar-refractivity contribution in [2.75, 3.05) is 26.7 Å². The number of nitrogens with one attached hydrogen (secondary N) is 1. The van der Waals surface area contributed by atoms with Crippen LogP contribution in [-0.2, 0) is 16.4 Å². The standard InChI is InChI=1S/C21H24N2O5S/c1-27-19-9-8-16(13-20(19)29(25,26)23-10-4-5-11-23)21(24)22-14-17-12-15-6-2-3-7-18(15)28-17/h2-3,6-9,13,17H,4-5,10-12,14H2,1H3,(H,22,24). The van der Waals surface area contributed by atoms with E-state index in [9.17, 15) is 13.2 Å². The Labute approximate surface area is 170 Å². The second-order valence-electron chi connectivity index (χ2n) is 7.24. The van der Waals surface area contributed by atoms with Crippen molar-refractivity contribution in [3.05, 3.63) is 53.6 Å². The molecule has 4 rings (SSSR count). The van der Waals surface area contributed by atoms with Crippen LogP contribution in [0.5, 0.6) is 11.5 Å². The summed E-state index contributed by atoms with van der Waals surface area (Å²) in [6.07, 6.45) is 2.27. The van der Waals surface area contributed by atoms with Crippen LogP contribution < -0.4 is 14.8 Å². The SMILES string of the molecule is COc1ccc(C(=O)NCC2Cc3ccccc3O2)cc1S(=O)(=O)N1CCCC1. The first-order valence-electron chi connectivity index (χ1n) is 9.70. The maximum absolute atomic E-state index is 13.0. The number of sulfonamides is 1. The van der Waals surface area contributed by atoms with Crippen LogP contribution in [-0.4, -0.2) is 51.5 Å². The highest BCUT2D eigenvalue weighted by Crippen LogP contribution is 2.30. The number of para-hydroxylation sites is 1. The summed E-state index contributed by atoms with van der Waals surface area (Å²) in [5.74, 6) is 0.739. The number of hydrogen-bond acceptors (Lipinski definition) is 5. The van der Waals surface area contributed by atoms with Gasteiger partial charge in [-0.05, 0) is 42.7 Å². The smallest absolute Gasteiger partial charge is 0.251 e. The second kappa shape index (κ2) is 8.04. The highest BCUT2D eigenvalue weighted by molar-refractivity contribution is 7.89. The van der Waals surface area contributed by atoms with E-state index in [1.54, 1.807) is 6.07 Å². The van der Waals surface area contributed by atoms with Gasteiger partial charge in [0.2, 0.25) is 10.0 Å². The highest BCUT2D eigenvalue weighted by Gasteiger charge is 2.31. The van der Waals surface area contributed by atoms with E-state index in [0.717, 1.165) is 30.6 Å². The van der Waals surface area contributed by atoms with Crippen molar-refractivity contribution >= 4 is 15.9 Å². The van der Waals surface area contributed by atoms with Crippen molar-refractivity contribution in [1.29, 1.82) is 0 Å². The molecule has 2 aromatic rings. The van der Waals surface area contributed by atoms with Gasteiger partial charge in [0, 0.05) is 25.1 Å². The van der Waals surface area contributed by atoms with E-state index in [0.29, 0.717) is 19.6 Å². The van der Waals surface area contributed by atoms with E-state index in [1.807, 2.05) is 24.3 Å². The van der Waals surface area contributed by atoms with Crippen molar-refractivity contribution in [3.63, 3.8) is 0 Å². The van der Waals surface area contributed by atoms with Gasteiger partial charge in [0.05, 0.1) is 13.7 Å². The summed E-state index contributed by atoms with van der Waals surface area (Å²) in [7, 11) is -2.28. The minimum atomic E-state index is -3.70. The van der Waals surface area contributed by atoms with Gasteiger partial charge in [-0.25, -0.2) is 8.42 Å². The van der Waals surface area contributed by atoms with Gasteiger partial charge in [0.1, 0.15) is 22.5 Å². The predicted octanol–water partition coefficient (Wildman–Crippen LogP) is 2.21. The lowest BCUT2D eigenvalue weighted by Gasteiger charge is -2.18. The third kappa shape index (κ3) is 3.95. The fourth-order valence-electron chi connectivity index (χ4n) is 3.76. The molecule has 1 saturated heterocycles. The van der Waals surface area contributed by atoms with Crippen LogP contribution >= 0.6 is 0 Å². The molecule has 0 aliphatic carbocycles. The van der Waals surface area contributed by atoms with Crippen molar-refractivity contribution in [3.8, 4) is 11.5 Å². The van der Waals surface area contributed by atoms with E-state index >= 15 is 0 Å². The summed E-state index contributed by atoms with van der Waals surface area (Å²) in [6.45, 7) is 1.32. The molecule has 0 spiro atoms. The molecule has 2 aromatic carbocycles. The molecule has 1 N–H and O–H groups in total. The molecule has 1 fully saturated rings. The number of nitrogens with zero attached hydrogens (tertiary/aromatic N) is 1. The maximum Gasteiger partial charge on any atom is 0.251 e. The molecule has 0 bridgehead atoms. The fraction of sp³-hybridized carbons (Fsp3) is 0.381. The highest BCUT2D eigenvalue weighted by atomic mass is 32.2. The van der Waals surface area contributed by atoms with Gasteiger partial charge in [-0.15, -0.1) is 0 Å². The Morgan fingerprint density at radius 1 is 1.21 bits per heavy atom. The molecule has 154 valence electrons. The first-order chi connectivity index (χ1) is 14.0. The molecule has 0 aromatic heterocycles. The third-order valence-corrected chi connectivity index (χ3v) is 7.23. The molecule has 7 nitrogen and oxygen atoms in total. The van der Waals surface area contributed by atoms with E-state index in [1.165, 1.54) is 23.5 Å². The van der Waals surface area contributed by atoms with Crippen molar-refractivity contribution < 1.29 is 22.7 Å². The fourth-order valence-corrected chi connectivity index (χ4v) is 5.46. The molecule has 0 radical (unpaired) electrons. The number of methoxy groups -OCH3 is 1. The van der Waals surface area contributed by atoms with Gasteiger partial charge in [0.25, 0.3) is 5.91 Å². The molecular weight excluding hydrogens is 392 g/mol. The van der Waals surface area contributed by atoms with Gasteiger partial charge in [-0.1, -0.05) is 18.2 Å². The van der Waals surface area contributed by atoms with Crippen LogP contribution in [0.25, 0.3) is 0 Å². The minimum Gasteiger partial charge on any atom is -0.495 e. The van der Waals surface area contributed by atoms with Gasteiger partial charge in [0.15, 0.2) is 0 Å². The van der Waals surface area contributed by atoms with Crippen molar-refractivity contribution in [1.82, 2.24) is 9.62 Å². The van der Waals surface area contributed by atoms with E-state index in [2.05, 4.69) is 5.32 Å². The van der Waals surface area contributed by atoms with E-state index in [-0.39, 0.29) is 28.2 Å². The lowest BCUT2D eigenvalue weighted by atomic mass is 10.1. The van der Waals surface area contributed by atoms with Crippen LogP contribution in [0.1, 0.15) is 28.8 Å². The molecule has 2 aliphatic rings. The summed E-state index contributed by atoms with van der Waals surface area (Å²) in [5, 5.41) is 2.85. The summed E-state index contributed by atoms with van der Waals surface area (Å²) < 4.78 is 38.5. The van der Waals surface area contributed by atoms with Crippen LogP contribution in [0.4, 0.5) is 0 Å². The van der Waals surface area contributed by atoms with E-state index < -0.39 is 10.0 Å². The maximum atomic E-state index is 13.0. The first kappa shape index (κ1) is 19.7. The number of benzene rings is 2. The Morgan fingerprint density at radius 3 is 2.69 bits per heavy atom. The average Bonchev–Trinajstić information content (AvgIpc) is 3.41. The summed E-state index contributed by atoms with van der Waals surface area (Å²) in [5.41, 5.74) is 1.40. The Bertz CT molecular complexity index is 990. The number of ether oxygens (including phenoxy) is 2. The molecule has 29 heavy (non-hydrogen) atoms. The summed E-state index contributed by atoms with van der Waals surface area (Å²) in [6, 6.07) is 12.3. The minimum absolute atomic E-state index is 0.0269. The van der Waals surface area contributed by atoms with Crippen LogP contribution in [0.15, 0.2) is 47.4 Å². The van der Waals surface area contributed by atoms with Crippen LogP contribution in [0.3, 0.4) is 0 Å². The molecule has 2 aliphatic heterocycles.